The maximum absolute atomic E-state index is 12.8. The third-order valence-electron chi connectivity index (χ3n) is 6.01. The molecule has 9 heteroatoms. The number of hydrogen-bond donors (Lipinski definition) is 1. The number of carbonyl (C=O) groups excluding carboxylic acids is 2. The fourth-order valence-corrected chi connectivity index (χ4v) is 5.57. The molecule has 1 atom stereocenters. The Bertz CT molecular complexity index is 1200. The highest BCUT2D eigenvalue weighted by Crippen LogP contribution is 2.29. The van der Waals surface area contributed by atoms with Gasteiger partial charge in [-0.1, -0.05) is 6.07 Å². The van der Waals surface area contributed by atoms with Crippen LogP contribution in [0.25, 0.3) is 0 Å². The zero-order valence-electron chi connectivity index (χ0n) is 20.3. The molecule has 1 N–H and O–H groups in total. The molecule has 1 fully saturated rings. The van der Waals surface area contributed by atoms with Crippen LogP contribution < -0.4 is 19.7 Å². The van der Waals surface area contributed by atoms with E-state index in [0.29, 0.717) is 17.4 Å². The monoisotopic (exact) mass is 511 g/mol. The van der Waals surface area contributed by atoms with Crippen LogP contribution in [-0.4, -0.2) is 37.6 Å². The Hall–Kier alpha value is -3.04. The number of amides is 2. The van der Waals surface area contributed by atoms with Gasteiger partial charge in [-0.05, 0) is 54.8 Å². The number of aromatic nitrogens is 1. The number of hydrogen-bond acceptors (Lipinski definition) is 7. The van der Waals surface area contributed by atoms with Gasteiger partial charge in [0, 0.05) is 41.6 Å². The molecule has 7 nitrogen and oxygen atoms in total. The molecule has 2 amide bonds. The molecule has 2 heterocycles. The number of nitrogens with one attached hydrogen (secondary N) is 1. The third kappa shape index (κ3) is 6.15. The number of thiazole rings is 1. The number of anilines is 2. The number of thioether (sulfide) groups is 1. The summed E-state index contributed by atoms with van der Waals surface area (Å²) in [6, 6.07) is 11.8. The minimum Gasteiger partial charge on any atom is -0.497 e. The molecule has 1 unspecified atom stereocenters. The average molecular weight is 512 g/mol. The molecule has 0 radical (unpaired) electrons. The Morgan fingerprint density at radius 2 is 1.86 bits per heavy atom. The number of nitrogens with zero attached hydrogens (tertiary/aromatic N) is 2. The van der Waals surface area contributed by atoms with E-state index in [4.69, 9.17) is 9.47 Å². The normalized spacial score (nSPS) is 15.4. The molecule has 184 valence electrons. The molecule has 2 aromatic carbocycles. The number of methoxy groups -OCH3 is 2. The number of aryl methyl sites for hydroxylation is 2. The van der Waals surface area contributed by atoms with E-state index in [9.17, 15) is 9.59 Å². The predicted molar refractivity (Wildman–Crippen MR) is 142 cm³/mol. The van der Waals surface area contributed by atoms with E-state index in [2.05, 4.69) is 10.3 Å². The van der Waals surface area contributed by atoms with Gasteiger partial charge in [0.25, 0.3) is 0 Å². The van der Waals surface area contributed by atoms with E-state index in [1.807, 2.05) is 55.6 Å². The molecular weight excluding hydrogens is 482 g/mol. The first-order chi connectivity index (χ1) is 16.9. The molecule has 0 spiro atoms. The zero-order chi connectivity index (χ0) is 24.9. The fourth-order valence-electron chi connectivity index (χ4n) is 3.89. The second kappa shape index (κ2) is 11.1. The maximum atomic E-state index is 12.8. The SMILES string of the molecule is COc1cc(CSCc2csc(NC(=O)C3CC(=O)N(c4ccc(C)c(C)c4)C3)n2)cc(OC)c1. The minimum absolute atomic E-state index is 0.0289. The second-order valence-electron chi connectivity index (χ2n) is 8.52. The van der Waals surface area contributed by atoms with Gasteiger partial charge < -0.3 is 19.7 Å². The first kappa shape index (κ1) is 25.1. The summed E-state index contributed by atoms with van der Waals surface area (Å²) < 4.78 is 10.7. The Morgan fingerprint density at radius 3 is 2.54 bits per heavy atom. The van der Waals surface area contributed by atoms with Gasteiger partial charge in [0.15, 0.2) is 5.13 Å². The summed E-state index contributed by atoms with van der Waals surface area (Å²) in [6.07, 6.45) is 0.205. The maximum Gasteiger partial charge on any atom is 0.231 e. The molecule has 1 saturated heterocycles. The van der Waals surface area contributed by atoms with Crippen molar-refractivity contribution in [2.75, 3.05) is 31.0 Å². The lowest BCUT2D eigenvalue weighted by Gasteiger charge is -2.17. The fraction of sp³-hybridized carbons (Fsp3) is 0.346. The number of ether oxygens (including phenoxy) is 2. The van der Waals surface area contributed by atoms with Gasteiger partial charge in [0.05, 0.1) is 25.8 Å². The molecule has 1 aliphatic rings. The molecule has 1 aliphatic heterocycles. The Morgan fingerprint density at radius 1 is 1.11 bits per heavy atom. The van der Waals surface area contributed by atoms with Gasteiger partial charge in [0.2, 0.25) is 11.8 Å². The number of benzene rings is 2. The van der Waals surface area contributed by atoms with Crippen molar-refractivity contribution in [2.24, 2.45) is 5.92 Å². The summed E-state index contributed by atoms with van der Waals surface area (Å²) >= 11 is 3.13. The van der Waals surface area contributed by atoms with Crippen molar-refractivity contribution < 1.29 is 19.1 Å². The highest BCUT2D eigenvalue weighted by Gasteiger charge is 2.35. The molecule has 0 saturated carbocycles. The van der Waals surface area contributed by atoms with Crippen molar-refractivity contribution in [3.05, 3.63) is 64.2 Å². The predicted octanol–water partition coefficient (Wildman–Crippen LogP) is 5.20. The lowest BCUT2D eigenvalue weighted by atomic mass is 10.1. The smallest absolute Gasteiger partial charge is 0.231 e. The van der Waals surface area contributed by atoms with Crippen molar-refractivity contribution in [1.82, 2.24) is 4.98 Å². The van der Waals surface area contributed by atoms with Crippen LogP contribution >= 0.6 is 23.1 Å². The summed E-state index contributed by atoms with van der Waals surface area (Å²) in [5, 5.41) is 5.42. The van der Waals surface area contributed by atoms with E-state index in [0.717, 1.165) is 39.8 Å². The van der Waals surface area contributed by atoms with Gasteiger partial charge in [-0.3, -0.25) is 9.59 Å². The highest BCUT2D eigenvalue weighted by atomic mass is 32.2. The van der Waals surface area contributed by atoms with Crippen molar-refractivity contribution in [1.29, 1.82) is 0 Å². The van der Waals surface area contributed by atoms with Crippen molar-refractivity contribution in [2.45, 2.75) is 31.8 Å². The largest absolute Gasteiger partial charge is 0.497 e. The zero-order valence-corrected chi connectivity index (χ0v) is 21.9. The van der Waals surface area contributed by atoms with Crippen LogP contribution in [-0.2, 0) is 21.1 Å². The molecule has 4 rings (SSSR count). The van der Waals surface area contributed by atoms with Crippen LogP contribution in [0.4, 0.5) is 10.8 Å². The van der Waals surface area contributed by atoms with Gasteiger partial charge in [-0.25, -0.2) is 4.98 Å². The molecule has 1 aromatic heterocycles. The van der Waals surface area contributed by atoms with E-state index in [-0.39, 0.29) is 18.2 Å². The average Bonchev–Trinajstić information content (AvgIpc) is 3.46. The van der Waals surface area contributed by atoms with E-state index in [1.54, 1.807) is 30.9 Å². The van der Waals surface area contributed by atoms with E-state index in [1.165, 1.54) is 16.9 Å². The summed E-state index contributed by atoms with van der Waals surface area (Å²) in [5.41, 5.74) is 5.16. The van der Waals surface area contributed by atoms with Crippen molar-refractivity contribution in [3.63, 3.8) is 0 Å². The molecule has 35 heavy (non-hydrogen) atoms. The standard InChI is InChI=1S/C26H29N3O4S2/c1-16-5-6-21(7-17(16)2)29-12-19(10-24(29)30)25(31)28-26-27-20(15-35-26)14-34-13-18-8-22(32-3)11-23(9-18)33-4/h5-9,11,15,19H,10,12-14H2,1-4H3,(H,27,28,31). The number of rotatable bonds is 9. The summed E-state index contributed by atoms with van der Waals surface area (Å²) in [4.78, 5) is 31.7. The van der Waals surface area contributed by atoms with Crippen LogP contribution in [0.15, 0.2) is 41.8 Å². The minimum atomic E-state index is -0.395. The third-order valence-corrected chi connectivity index (χ3v) is 7.85. The van der Waals surface area contributed by atoms with Crippen LogP contribution in [0.3, 0.4) is 0 Å². The van der Waals surface area contributed by atoms with Gasteiger partial charge in [-0.2, -0.15) is 11.8 Å². The van der Waals surface area contributed by atoms with E-state index < -0.39 is 5.92 Å². The molecule has 0 bridgehead atoms. The Kier molecular flexibility index (Phi) is 7.97. The summed E-state index contributed by atoms with van der Waals surface area (Å²) in [7, 11) is 3.28. The molecule has 3 aromatic rings. The van der Waals surface area contributed by atoms with Gasteiger partial charge >= 0.3 is 0 Å². The number of carbonyl (C=O) groups is 2. The molecule has 0 aliphatic carbocycles. The van der Waals surface area contributed by atoms with Gasteiger partial charge in [0.1, 0.15) is 11.5 Å². The summed E-state index contributed by atoms with van der Waals surface area (Å²) in [5.74, 6) is 2.44. The van der Waals surface area contributed by atoms with E-state index >= 15 is 0 Å². The van der Waals surface area contributed by atoms with Crippen LogP contribution in [0.1, 0.15) is 28.8 Å². The van der Waals surface area contributed by atoms with Crippen LogP contribution in [0.5, 0.6) is 11.5 Å². The lowest BCUT2D eigenvalue weighted by molar-refractivity contribution is -0.122. The van der Waals surface area contributed by atoms with Crippen LogP contribution in [0.2, 0.25) is 0 Å². The second-order valence-corrected chi connectivity index (χ2v) is 10.4. The Balaban J connectivity index is 1.30. The first-order valence-corrected chi connectivity index (χ1v) is 13.3. The van der Waals surface area contributed by atoms with Crippen molar-refractivity contribution >= 4 is 45.7 Å². The summed E-state index contributed by atoms with van der Waals surface area (Å²) in [6.45, 7) is 4.44. The first-order valence-electron chi connectivity index (χ1n) is 11.3. The lowest BCUT2D eigenvalue weighted by Crippen LogP contribution is -2.28. The molecular formula is C26H29N3O4S2. The topological polar surface area (TPSA) is 80.8 Å². The Labute approximate surface area is 213 Å². The quantitative estimate of drug-likeness (QED) is 0.425. The van der Waals surface area contributed by atoms with Crippen molar-refractivity contribution in [3.8, 4) is 11.5 Å². The van der Waals surface area contributed by atoms with Crippen LogP contribution in [0, 0.1) is 19.8 Å². The van der Waals surface area contributed by atoms with Gasteiger partial charge in [-0.15, -0.1) is 11.3 Å². The highest BCUT2D eigenvalue weighted by molar-refractivity contribution is 7.97.